The molecular formula is C19H25NO4. The van der Waals surface area contributed by atoms with E-state index in [1.165, 1.54) is 0 Å². The maximum absolute atomic E-state index is 12.6. The molecule has 0 amide bonds. The van der Waals surface area contributed by atoms with E-state index < -0.39 is 17.3 Å². The van der Waals surface area contributed by atoms with Crippen LogP contribution in [0.2, 0.25) is 0 Å². The Morgan fingerprint density at radius 1 is 1.29 bits per heavy atom. The van der Waals surface area contributed by atoms with Crippen molar-refractivity contribution in [3.8, 4) is 5.75 Å². The van der Waals surface area contributed by atoms with Crippen LogP contribution < -0.4 is 5.56 Å². The fraction of sp³-hybridized carbons (Fsp3) is 0.526. The van der Waals surface area contributed by atoms with Gasteiger partial charge in [0, 0.05) is 11.3 Å². The van der Waals surface area contributed by atoms with Gasteiger partial charge in [-0.2, -0.15) is 0 Å². The number of aromatic amines is 1. The van der Waals surface area contributed by atoms with Gasteiger partial charge >= 0.3 is 0 Å². The first kappa shape index (κ1) is 17.0. The van der Waals surface area contributed by atoms with Gasteiger partial charge in [-0.25, -0.2) is 0 Å². The number of aromatic hydroxyl groups is 1. The summed E-state index contributed by atoms with van der Waals surface area (Å²) in [6.07, 6.45) is 0.672. The van der Waals surface area contributed by atoms with E-state index in [9.17, 15) is 15.0 Å². The quantitative estimate of drug-likeness (QED) is 0.790. The zero-order valence-corrected chi connectivity index (χ0v) is 14.6. The minimum Gasteiger partial charge on any atom is -0.507 e. The number of aliphatic hydroxyl groups is 1. The Kier molecular flexibility index (Phi) is 3.97. The molecule has 130 valence electrons. The summed E-state index contributed by atoms with van der Waals surface area (Å²) in [4.78, 5) is 15.4. The smallest absolute Gasteiger partial charge is 0.255 e. The summed E-state index contributed by atoms with van der Waals surface area (Å²) in [5.41, 5.74) is -0.687. The average molecular weight is 331 g/mol. The van der Waals surface area contributed by atoms with Crippen molar-refractivity contribution in [2.45, 2.75) is 63.8 Å². The van der Waals surface area contributed by atoms with Crippen LogP contribution >= 0.6 is 0 Å². The summed E-state index contributed by atoms with van der Waals surface area (Å²) >= 11 is 0. The fourth-order valence-electron chi connectivity index (χ4n) is 3.74. The summed E-state index contributed by atoms with van der Waals surface area (Å²) in [6.45, 7) is 7.55. The van der Waals surface area contributed by atoms with Crippen LogP contribution in [0.15, 0.2) is 29.1 Å². The second kappa shape index (κ2) is 5.60. The van der Waals surface area contributed by atoms with Gasteiger partial charge in [0.1, 0.15) is 5.75 Å². The van der Waals surface area contributed by atoms with Crippen LogP contribution in [0.4, 0.5) is 0 Å². The zero-order valence-electron chi connectivity index (χ0n) is 14.6. The van der Waals surface area contributed by atoms with Crippen molar-refractivity contribution in [3.63, 3.8) is 0 Å². The predicted molar refractivity (Wildman–Crippen MR) is 93.5 cm³/mol. The number of aromatic nitrogens is 1. The fourth-order valence-corrected chi connectivity index (χ4v) is 3.74. The number of para-hydroxylation sites is 1. The van der Waals surface area contributed by atoms with E-state index in [1.807, 2.05) is 39.8 Å². The molecule has 0 bridgehead atoms. The van der Waals surface area contributed by atoms with Crippen LogP contribution in [0, 0.1) is 0 Å². The van der Waals surface area contributed by atoms with Crippen LogP contribution in [0.25, 0.3) is 10.9 Å². The van der Waals surface area contributed by atoms with Gasteiger partial charge in [0.25, 0.3) is 5.56 Å². The molecule has 5 nitrogen and oxygen atoms in total. The molecule has 1 aromatic carbocycles. The van der Waals surface area contributed by atoms with Gasteiger partial charge in [-0.1, -0.05) is 19.1 Å². The van der Waals surface area contributed by atoms with Crippen molar-refractivity contribution in [1.82, 2.24) is 4.98 Å². The van der Waals surface area contributed by atoms with Gasteiger partial charge < -0.3 is 19.9 Å². The molecular weight excluding hydrogens is 306 g/mol. The summed E-state index contributed by atoms with van der Waals surface area (Å²) in [7, 11) is 0. The molecule has 2 aromatic rings. The summed E-state index contributed by atoms with van der Waals surface area (Å²) in [5, 5.41) is 21.5. The lowest BCUT2D eigenvalue weighted by Crippen LogP contribution is -2.54. The molecule has 0 aliphatic carbocycles. The highest BCUT2D eigenvalue weighted by atomic mass is 16.5. The van der Waals surface area contributed by atoms with Crippen LogP contribution in [0.3, 0.4) is 0 Å². The summed E-state index contributed by atoms with van der Waals surface area (Å²) in [6, 6.07) is 7.20. The van der Waals surface area contributed by atoms with Crippen molar-refractivity contribution in [1.29, 1.82) is 0 Å². The number of pyridine rings is 1. The highest BCUT2D eigenvalue weighted by Gasteiger charge is 2.47. The third-order valence-corrected chi connectivity index (χ3v) is 5.49. The summed E-state index contributed by atoms with van der Waals surface area (Å²) in [5.74, 6) is -0.312. The Labute approximate surface area is 141 Å². The maximum atomic E-state index is 12.6. The van der Waals surface area contributed by atoms with E-state index in [2.05, 4.69) is 4.98 Å². The van der Waals surface area contributed by atoms with Crippen LogP contribution in [0.1, 0.15) is 52.0 Å². The molecule has 0 spiro atoms. The molecule has 1 aromatic heterocycles. The maximum Gasteiger partial charge on any atom is 0.255 e. The van der Waals surface area contributed by atoms with Gasteiger partial charge in [-0.15, -0.1) is 0 Å². The Balaban J connectivity index is 2.09. The van der Waals surface area contributed by atoms with Crippen molar-refractivity contribution in [2.24, 2.45) is 0 Å². The first-order valence-electron chi connectivity index (χ1n) is 8.38. The van der Waals surface area contributed by atoms with E-state index in [4.69, 9.17) is 4.74 Å². The topological polar surface area (TPSA) is 82.5 Å². The molecule has 3 N–H and O–H groups in total. The van der Waals surface area contributed by atoms with Gasteiger partial charge in [-0.3, -0.25) is 4.79 Å². The Morgan fingerprint density at radius 2 is 1.96 bits per heavy atom. The first-order chi connectivity index (χ1) is 11.2. The number of benzene rings is 1. The number of aliphatic hydroxyl groups excluding tert-OH is 1. The Hall–Kier alpha value is -1.85. The van der Waals surface area contributed by atoms with E-state index >= 15 is 0 Å². The molecule has 1 aliphatic heterocycles. The zero-order chi connectivity index (χ0) is 17.7. The molecule has 1 aliphatic rings. The van der Waals surface area contributed by atoms with E-state index in [-0.39, 0.29) is 17.2 Å². The second-order valence-corrected chi connectivity index (χ2v) is 7.56. The van der Waals surface area contributed by atoms with E-state index in [0.717, 1.165) is 0 Å². The van der Waals surface area contributed by atoms with Gasteiger partial charge in [-0.05, 0) is 45.7 Å². The molecule has 0 radical (unpaired) electrons. The van der Waals surface area contributed by atoms with E-state index in [1.54, 1.807) is 12.1 Å². The highest BCUT2D eigenvalue weighted by Crippen LogP contribution is 2.45. The second-order valence-electron chi connectivity index (χ2n) is 7.56. The van der Waals surface area contributed by atoms with Crippen molar-refractivity contribution in [2.75, 3.05) is 0 Å². The standard InChI is InChI=1S/C19H25NO4/c1-11(19(4)10-9-14(21)18(2,3)24-19)15-16(22)12-7-5-6-8-13(12)20-17(15)23/h5-8,11,14,21H,9-10H2,1-4H3,(H2,20,22,23)/t11-,14-,19+/m0/s1. The van der Waals surface area contributed by atoms with E-state index in [0.29, 0.717) is 29.3 Å². The third kappa shape index (κ3) is 2.62. The lowest BCUT2D eigenvalue weighted by atomic mass is 9.76. The monoisotopic (exact) mass is 331 g/mol. The SMILES string of the molecule is C[C@@H](c1c(O)c2ccccc2[nH]c1=O)[C@@]1(C)CC[C@H](O)C(C)(C)O1. The third-order valence-electron chi connectivity index (χ3n) is 5.49. The molecule has 1 saturated heterocycles. The van der Waals surface area contributed by atoms with Crippen molar-refractivity contribution < 1.29 is 14.9 Å². The Morgan fingerprint density at radius 3 is 2.62 bits per heavy atom. The van der Waals surface area contributed by atoms with Crippen molar-refractivity contribution >= 4 is 10.9 Å². The lowest BCUT2D eigenvalue weighted by molar-refractivity contribution is -0.221. The predicted octanol–water partition coefficient (Wildman–Crippen LogP) is 3.05. The van der Waals surface area contributed by atoms with Crippen LogP contribution in [0.5, 0.6) is 5.75 Å². The average Bonchev–Trinajstić information content (AvgIpc) is 2.51. The molecule has 2 heterocycles. The first-order valence-corrected chi connectivity index (χ1v) is 8.38. The largest absolute Gasteiger partial charge is 0.507 e. The molecule has 3 rings (SSSR count). The molecule has 24 heavy (non-hydrogen) atoms. The number of nitrogens with one attached hydrogen (secondary N) is 1. The highest BCUT2D eigenvalue weighted by molar-refractivity contribution is 5.85. The summed E-state index contributed by atoms with van der Waals surface area (Å²) < 4.78 is 6.20. The number of ether oxygens (including phenoxy) is 1. The van der Waals surface area contributed by atoms with Gasteiger partial charge in [0.2, 0.25) is 0 Å². The minimum absolute atomic E-state index is 0.00982. The number of H-pyrrole nitrogens is 1. The molecule has 0 saturated carbocycles. The molecule has 0 unspecified atom stereocenters. The van der Waals surface area contributed by atoms with Crippen LogP contribution in [-0.4, -0.2) is 32.5 Å². The van der Waals surface area contributed by atoms with Gasteiger partial charge in [0.15, 0.2) is 0 Å². The molecule has 1 fully saturated rings. The molecule has 3 atom stereocenters. The lowest BCUT2D eigenvalue weighted by Gasteiger charge is -2.49. The number of rotatable bonds is 2. The van der Waals surface area contributed by atoms with Gasteiger partial charge in [0.05, 0.1) is 28.4 Å². The number of hydrogen-bond acceptors (Lipinski definition) is 4. The van der Waals surface area contributed by atoms with Crippen molar-refractivity contribution in [3.05, 3.63) is 40.2 Å². The Bertz CT molecular complexity index is 826. The van der Waals surface area contributed by atoms with Crippen LogP contribution in [-0.2, 0) is 4.74 Å². The minimum atomic E-state index is -0.694. The number of hydrogen-bond donors (Lipinski definition) is 3. The normalized spacial score (nSPS) is 28.0. The number of fused-ring (bicyclic) bond motifs is 1. The molecule has 5 heteroatoms.